The Labute approximate surface area is 141 Å². The summed E-state index contributed by atoms with van der Waals surface area (Å²) in [6.45, 7) is 5.65. The second-order valence-electron chi connectivity index (χ2n) is 5.65. The van der Waals surface area contributed by atoms with Gasteiger partial charge in [0.05, 0.1) is 12.2 Å². The van der Waals surface area contributed by atoms with Gasteiger partial charge in [-0.05, 0) is 18.2 Å². The molecule has 126 valence electrons. The molecule has 24 heavy (non-hydrogen) atoms. The minimum Gasteiger partial charge on any atom is -0.339 e. The highest BCUT2D eigenvalue weighted by Gasteiger charge is 2.21. The van der Waals surface area contributed by atoms with Gasteiger partial charge in [-0.25, -0.2) is 0 Å². The van der Waals surface area contributed by atoms with Crippen molar-refractivity contribution in [1.82, 2.24) is 24.9 Å². The van der Waals surface area contributed by atoms with Crippen LogP contribution in [0.25, 0.3) is 6.08 Å². The van der Waals surface area contributed by atoms with E-state index >= 15 is 0 Å². The highest BCUT2D eigenvalue weighted by Crippen LogP contribution is 2.08. The lowest BCUT2D eigenvalue weighted by Gasteiger charge is -2.33. The average molecular weight is 327 g/mol. The molecule has 3 heterocycles. The maximum Gasteiger partial charge on any atom is 0.246 e. The molecule has 1 amide bonds. The Bertz CT molecular complexity index is 690. The van der Waals surface area contributed by atoms with E-state index in [0.717, 1.165) is 25.2 Å². The van der Waals surface area contributed by atoms with Gasteiger partial charge in [0.1, 0.15) is 0 Å². The quantitative estimate of drug-likeness (QED) is 0.773. The third kappa shape index (κ3) is 4.26. The molecule has 1 saturated heterocycles. The normalized spacial score (nSPS) is 16.0. The lowest BCUT2D eigenvalue weighted by Crippen LogP contribution is -2.47. The summed E-state index contributed by atoms with van der Waals surface area (Å²) in [6.07, 6.45) is 5.80. The molecule has 2 aromatic heterocycles. The van der Waals surface area contributed by atoms with Crippen molar-refractivity contribution in [2.75, 3.05) is 26.2 Å². The van der Waals surface area contributed by atoms with E-state index in [1.165, 1.54) is 0 Å². The van der Waals surface area contributed by atoms with Gasteiger partial charge in [0, 0.05) is 44.9 Å². The zero-order valence-electron chi connectivity index (χ0n) is 13.8. The molecule has 1 aliphatic rings. The molecule has 0 spiro atoms. The number of piperazine rings is 1. The number of rotatable bonds is 5. The van der Waals surface area contributed by atoms with E-state index in [0.29, 0.717) is 31.3 Å². The van der Waals surface area contributed by atoms with Crippen LogP contribution in [-0.2, 0) is 17.8 Å². The predicted octanol–water partition coefficient (Wildman–Crippen LogP) is 1.38. The van der Waals surface area contributed by atoms with Crippen LogP contribution < -0.4 is 0 Å². The van der Waals surface area contributed by atoms with Gasteiger partial charge in [0.25, 0.3) is 0 Å². The summed E-state index contributed by atoms with van der Waals surface area (Å²) in [7, 11) is 0. The topological polar surface area (TPSA) is 75.4 Å². The first-order valence-electron chi connectivity index (χ1n) is 8.16. The summed E-state index contributed by atoms with van der Waals surface area (Å²) in [5, 5.41) is 3.97. The Hall–Kier alpha value is -2.54. The molecule has 0 aromatic carbocycles. The minimum absolute atomic E-state index is 0.0214. The van der Waals surface area contributed by atoms with Crippen molar-refractivity contribution in [3.05, 3.63) is 47.9 Å². The lowest BCUT2D eigenvalue weighted by molar-refractivity contribution is -0.127. The first-order valence-corrected chi connectivity index (χ1v) is 8.16. The molecular formula is C17H21N5O2. The fraction of sp³-hybridized carbons (Fsp3) is 0.412. The fourth-order valence-corrected chi connectivity index (χ4v) is 2.56. The van der Waals surface area contributed by atoms with Crippen molar-refractivity contribution < 1.29 is 9.32 Å². The Morgan fingerprint density at radius 3 is 2.79 bits per heavy atom. The van der Waals surface area contributed by atoms with Gasteiger partial charge in [-0.1, -0.05) is 18.1 Å². The summed E-state index contributed by atoms with van der Waals surface area (Å²) in [4.78, 5) is 24.8. The van der Waals surface area contributed by atoms with E-state index in [9.17, 15) is 4.79 Å². The summed E-state index contributed by atoms with van der Waals surface area (Å²) in [5.74, 6) is 1.40. The number of carbonyl (C=O) groups is 1. The van der Waals surface area contributed by atoms with Crippen molar-refractivity contribution >= 4 is 12.0 Å². The molecule has 0 aliphatic carbocycles. The molecule has 7 heteroatoms. The molecule has 0 atom stereocenters. The van der Waals surface area contributed by atoms with E-state index < -0.39 is 0 Å². The average Bonchev–Trinajstić information content (AvgIpc) is 3.09. The summed E-state index contributed by atoms with van der Waals surface area (Å²) >= 11 is 0. The van der Waals surface area contributed by atoms with Gasteiger partial charge in [-0.2, -0.15) is 4.98 Å². The smallest absolute Gasteiger partial charge is 0.246 e. The molecule has 0 saturated carbocycles. The van der Waals surface area contributed by atoms with Gasteiger partial charge in [0.15, 0.2) is 5.82 Å². The first-order chi connectivity index (χ1) is 11.7. The lowest BCUT2D eigenvalue weighted by atomic mass is 10.2. The van der Waals surface area contributed by atoms with Crippen LogP contribution in [0, 0.1) is 0 Å². The van der Waals surface area contributed by atoms with E-state index in [2.05, 4.69) is 20.0 Å². The van der Waals surface area contributed by atoms with E-state index in [-0.39, 0.29) is 5.91 Å². The number of pyridine rings is 1. The van der Waals surface area contributed by atoms with Crippen LogP contribution >= 0.6 is 0 Å². The van der Waals surface area contributed by atoms with Crippen LogP contribution in [0.2, 0.25) is 0 Å². The second-order valence-corrected chi connectivity index (χ2v) is 5.65. The second kappa shape index (κ2) is 7.83. The standard InChI is InChI=1S/C17H21N5O2/c1-2-16-19-15(20-24-16)13-21-9-11-22(12-10-21)17(23)7-6-14-5-3-4-8-18-14/h3-8H,2,9-13H2,1H3/b7-6+. The van der Waals surface area contributed by atoms with E-state index in [1.54, 1.807) is 18.3 Å². The number of aryl methyl sites for hydroxylation is 1. The minimum atomic E-state index is 0.0214. The molecule has 3 rings (SSSR count). The number of aromatic nitrogens is 3. The van der Waals surface area contributed by atoms with Crippen LogP contribution in [0.1, 0.15) is 24.3 Å². The molecule has 2 aromatic rings. The number of nitrogens with zero attached hydrogens (tertiary/aromatic N) is 5. The van der Waals surface area contributed by atoms with Crippen molar-refractivity contribution in [2.45, 2.75) is 19.9 Å². The fourth-order valence-electron chi connectivity index (χ4n) is 2.56. The zero-order valence-corrected chi connectivity index (χ0v) is 13.8. The Morgan fingerprint density at radius 2 is 2.12 bits per heavy atom. The number of amides is 1. The van der Waals surface area contributed by atoms with Crippen molar-refractivity contribution in [1.29, 1.82) is 0 Å². The Kier molecular flexibility index (Phi) is 5.32. The highest BCUT2D eigenvalue weighted by molar-refractivity contribution is 5.91. The van der Waals surface area contributed by atoms with Crippen LogP contribution in [0.3, 0.4) is 0 Å². The zero-order chi connectivity index (χ0) is 16.8. The third-order valence-electron chi connectivity index (χ3n) is 3.95. The molecule has 0 radical (unpaired) electrons. The predicted molar refractivity (Wildman–Crippen MR) is 88.8 cm³/mol. The molecule has 0 bridgehead atoms. The maximum atomic E-state index is 12.2. The summed E-state index contributed by atoms with van der Waals surface area (Å²) < 4.78 is 5.12. The maximum absolute atomic E-state index is 12.2. The molecule has 1 fully saturated rings. The van der Waals surface area contributed by atoms with E-state index in [4.69, 9.17) is 4.52 Å². The van der Waals surface area contributed by atoms with Crippen LogP contribution in [0.4, 0.5) is 0 Å². The first kappa shape index (κ1) is 16.3. The molecule has 7 nitrogen and oxygen atoms in total. The van der Waals surface area contributed by atoms with Crippen LogP contribution in [0.15, 0.2) is 35.0 Å². The molecule has 1 aliphatic heterocycles. The van der Waals surface area contributed by atoms with Gasteiger partial charge in [-0.15, -0.1) is 0 Å². The summed E-state index contributed by atoms with van der Waals surface area (Å²) in [6, 6.07) is 5.63. The number of hydrogen-bond donors (Lipinski definition) is 0. The van der Waals surface area contributed by atoms with E-state index in [1.807, 2.05) is 30.0 Å². The third-order valence-corrected chi connectivity index (χ3v) is 3.95. The SMILES string of the molecule is CCc1nc(CN2CCN(C(=O)/C=C/c3ccccn3)CC2)no1. The van der Waals surface area contributed by atoms with Gasteiger partial charge < -0.3 is 9.42 Å². The van der Waals surface area contributed by atoms with Crippen LogP contribution in [0.5, 0.6) is 0 Å². The van der Waals surface area contributed by atoms with Crippen molar-refractivity contribution in [3.8, 4) is 0 Å². The van der Waals surface area contributed by atoms with Crippen molar-refractivity contribution in [3.63, 3.8) is 0 Å². The van der Waals surface area contributed by atoms with Gasteiger partial charge in [-0.3, -0.25) is 14.7 Å². The van der Waals surface area contributed by atoms with Gasteiger partial charge in [0.2, 0.25) is 11.8 Å². The molecule has 0 unspecified atom stereocenters. The Morgan fingerprint density at radius 1 is 1.29 bits per heavy atom. The number of hydrogen-bond acceptors (Lipinski definition) is 6. The van der Waals surface area contributed by atoms with Gasteiger partial charge >= 0.3 is 0 Å². The molecule has 0 N–H and O–H groups in total. The Balaban J connectivity index is 1.47. The monoisotopic (exact) mass is 327 g/mol. The van der Waals surface area contributed by atoms with Crippen LogP contribution in [-0.4, -0.2) is 57.0 Å². The largest absolute Gasteiger partial charge is 0.339 e. The highest BCUT2D eigenvalue weighted by atomic mass is 16.5. The molecular weight excluding hydrogens is 306 g/mol. The van der Waals surface area contributed by atoms with Crippen molar-refractivity contribution in [2.24, 2.45) is 0 Å². The summed E-state index contributed by atoms with van der Waals surface area (Å²) in [5.41, 5.74) is 0.785. The number of carbonyl (C=O) groups excluding carboxylic acids is 1.